The zero-order valence-corrected chi connectivity index (χ0v) is 13.0. The Morgan fingerprint density at radius 2 is 2.10 bits per heavy atom. The van der Waals surface area contributed by atoms with Crippen molar-refractivity contribution in [1.29, 1.82) is 0 Å². The second-order valence-corrected chi connectivity index (χ2v) is 5.80. The summed E-state index contributed by atoms with van der Waals surface area (Å²) in [5.41, 5.74) is 1.24. The number of nitrogens with one attached hydrogen (secondary N) is 2. The molecular weight excluding hydrogens is 264 g/mol. The Labute approximate surface area is 127 Å². The van der Waals surface area contributed by atoms with Gasteiger partial charge in [0, 0.05) is 12.1 Å². The van der Waals surface area contributed by atoms with Crippen molar-refractivity contribution in [2.75, 3.05) is 19.8 Å². The summed E-state index contributed by atoms with van der Waals surface area (Å²) in [6, 6.07) is 10.5. The lowest BCUT2D eigenvalue weighted by molar-refractivity contribution is -0.126. The quantitative estimate of drug-likeness (QED) is 0.804. The van der Waals surface area contributed by atoms with Gasteiger partial charge in [-0.3, -0.25) is 4.79 Å². The molecule has 1 aliphatic rings. The average molecular weight is 290 g/mol. The first-order valence-electron chi connectivity index (χ1n) is 7.86. The Kier molecular flexibility index (Phi) is 6.21. The molecule has 1 amide bonds. The van der Waals surface area contributed by atoms with Gasteiger partial charge in [-0.05, 0) is 31.9 Å². The van der Waals surface area contributed by atoms with E-state index >= 15 is 0 Å². The molecule has 1 aromatic carbocycles. The van der Waals surface area contributed by atoms with Crippen molar-refractivity contribution in [1.82, 2.24) is 10.6 Å². The molecular formula is C17H26N2O2. The van der Waals surface area contributed by atoms with E-state index in [1.54, 1.807) is 0 Å². The molecule has 0 bridgehead atoms. The smallest absolute Gasteiger partial charge is 0.227 e. The lowest BCUT2D eigenvalue weighted by Gasteiger charge is -2.21. The Balaban J connectivity index is 1.82. The van der Waals surface area contributed by atoms with Gasteiger partial charge in [0.25, 0.3) is 0 Å². The molecule has 0 aromatic heterocycles. The number of hydrogen-bond donors (Lipinski definition) is 2. The zero-order chi connectivity index (χ0) is 15.1. The van der Waals surface area contributed by atoms with E-state index in [9.17, 15) is 4.79 Å². The standard InChI is InChI=1S/C17H26N2O2/c1-3-9-18-16-12-21-11-15(16)17(20)19-13(2)10-14-7-5-4-6-8-14/h4-8,13,15-16,18H,3,9-12H2,1-2H3,(H,19,20). The van der Waals surface area contributed by atoms with E-state index in [0.29, 0.717) is 13.2 Å². The summed E-state index contributed by atoms with van der Waals surface area (Å²) in [6.45, 7) is 6.25. The summed E-state index contributed by atoms with van der Waals surface area (Å²) in [4.78, 5) is 12.4. The number of benzene rings is 1. The summed E-state index contributed by atoms with van der Waals surface area (Å²) in [5, 5.41) is 6.52. The van der Waals surface area contributed by atoms with Crippen molar-refractivity contribution >= 4 is 5.91 Å². The predicted molar refractivity (Wildman–Crippen MR) is 84.1 cm³/mol. The van der Waals surface area contributed by atoms with Crippen LogP contribution in [0.15, 0.2) is 30.3 Å². The summed E-state index contributed by atoms with van der Waals surface area (Å²) in [6.07, 6.45) is 1.92. The van der Waals surface area contributed by atoms with E-state index in [4.69, 9.17) is 4.74 Å². The second kappa shape index (κ2) is 8.15. The van der Waals surface area contributed by atoms with Crippen LogP contribution in [-0.2, 0) is 16.0 Å². The van der Waals surface area contributed by atoms with Gasteiger partial charge in [-0.2, -0.15) is 0 Å². The monoisotopic (exact) mass is 290 g/mol. The van der Waals surface area contributed by atoms with Crippen molar-refractivity contribution in [2.24, 2.45) is 5.92 Å². The van der Waals surface area contributed by atoms with Crippen molar-refractivity contribution in [3.63, 3.8) is 0 Å². The van der Waals surface area contributed by atoms with Crippen LogP contribution in [0.5, 0.6) is 0 Å². The summed E-state index contributed by atoms with van der Waals surface area (Å²) in [5.74, 6) is 0.0271. The molecule has 0 saturated carbocycles. The van der Waals surface area contributed by atoms with E-state index in [-0.39, 0.29) is 23.9 Å². The number of carbonyl (C=O) groups is 1. The maximum absolute atomic E-state index is 12.4. The molecule has 1 aliphatic heterocycles. The fraction of sp³-hybridized carbons (Fsp3) is 0.588. The van der Waals surface area contributed by atoms with Gasteiger partial charge in [-0.1, -0.05) is 37.3 Å². The average Bonchev–Trinajstić information content (AvgIpc) is 2.94. The highest BCUT2D eigenvalue weighted by atomic mass is 16.5. The minimum absolute atomic E-state index is 0.0743. The Morgan fingerprint density at radius 3 is 2.81 bits per heavy atom. The van der Waals surface area contributed by atoms with Gasteiger partial charge >= 0.3 is 0 Å². The SMILES string of the molecule is CCCNC1COCC1C(=O)NC(C)Cc1ccccc1. The molecule has 3 atom stereocenters. The molecule has 1 saturated heterocycles. The molecule has 4 heteroatoms. The van der Waals surface area contributed by atoms with Crippen molar-refractivity contribution in [3.8, 4) is 0 Å². The van der Waals surface area contributed by atoms with E-state index in [1.165, 1.54) is 5.56 Å². The topological polar surface area (TPSA) is 50.4 Å². The first kappa shape index (κ1) is 16.0. The maximum Gasteiger partial charge on any atom is 0.227 e. The number of carbonyl (C=O) groups excluding carboxylic acids is 1. The summed E-state index contributed by atoms with van der Waals surface area (Å²) < 4.78 is 5.46. The molecule has 2 rings (SSSR count). The van der Waals surface area contributed by atoms with Crippen LogP contribution in [0.4, 0.5) is 0 Å². The third-order valence-corrected chi connectivity index (χ3v) is 3.85. The maximum atomic E-state index is 12.4. The minimum Gasteiger partial charge on any atom is -0.379 e. The minimum atomic E-state index is -0.0743. The van der Waals surface area contributed by atoms with Gasteiger partial charge in [0.2, 0.25) is 5.91 Å². The molecule has 1 heterocycles. The normalized spacial score (nSPS) is 23.0. The van der Waals surface area contributed by atoms with Crippen LogP contribution in [0.3, 0.4) is 0 Å². The highest BCUT2D eigenvalue weighted by molar-refractivity contribution is 5.80. The van der Waals surface area contributed by atoms with Crippen LogP contribution in [0, 0.1) is 5.92 Å². The molecule has 4 nitrogen and oxygen atoms in total. The Morgan fingerprint density at radius 1 is 1.33 bits per heavy atom. The van der Waals surface area contributed by atoms with Crippen molar-refractivity contribution in [3.05, 3.63) is 35.9 Å². The van der Waals surface area contributed by atoms with Gasteiger partial charge in [0.15, 0.2) is 0 Å². The van der Waals surface area contributed by atoms with Gasteiger partial charge in [-0.25, -0.2) is 0 Å². The number of ether oxygens (including phenoxy) is 1. The van der Waals surface area contributed by atoms with Crippen LogP contribution in [-0.4, -0.2) is 37.7 Å². The molecule has 1 aromatic rings. The molecule has 21 heavy (non-hydrogen) atoms. The highest BCUT2D eigenvalue weighted by Crippen LogP contribution is 2.14. The fourth-order valence-electron chi connectivity index (χ4n) is 2.71. The van der Waals surface area contributed by atoms with Crippen molar-refractivity contribution in [2.45, 2.75) is 38.8 Å². The van der Waals surface area contributed by atoms with Crippen LogP contribution < -0.4 is 10.6 Å². The van der Waals surface area contributed by atoms with Gasteiger partial charge in [-0.15, -0.1) is 0 Å². The highest BCUT2D eigenvalue weighted by Gasteiger charge is 2.33. The summed E-state index contributed by atoms with van der Waals surface area (Å²) >= 11 is 0. The van der Waals surface area contributed by atoms with Gasteiger partial charge in [0.05, 0.1) is 19.1 Å². The van der Waals surface area contributed by atoms with Crippen LogP contribution in [0.2, 0.25) is 0 Å². The zero-order valence-electron chi connectivity index (χ0n) is 13.0. The first-order chi connectivity index (χ1) is 10.2. The second-order valence-electron chi connectivity index (χ2n) is 5.80. The van der Waals surface area contributed by atoms with Crippen LogP contribution in [0.25, 0.3) is 0 Å². The third kappa shape index (κ3) is 4.83. The van der Waals surface area contributed by atoms with E-state index in [0.717, 1.165) is 19.4 Å². The number of amides is 1. The lowest BCUT2D eigenvalue weighted by atomic mass is 10.0. The van der Waals surface area contributed by atoms with Crippen LogP contribution in [0.1, 0.15) is 25.8 Å². The molecule has 116 valence electrons. The number of hydrogen-bond acceptors (Lipinski definition) is 3. The molecule has 1 fully saturated rings. The van der Waals surface area contributed by atoms with E-state index in [2.05, 4.69) is 36.6 Å². The first-order valence-corrected chi connectivity index (χ1v) is 7.86. The summed E-state index contributed by atoms with van der Waals surface area (Å²) in [7, 11) is 0. The molecule has 2 N–H and O–H groups in total. The van der Waals surface area contributed by atoms with Gasteiger partial charge < -0.3 is 15.4 Å². The Hall–Kier alpha value is -1.39. The predicted octanol–water partition coefficient (Wildman–Crippen LogP) is 1.75. The lowest BCUT2D eigenvalue weighted by Crippen LogP contribution is -2.46. The molecule has 3 unspecified atom stereocenters. The Bertz CT molecular complexity index is 436. The van der Waals surface area contributed by atoms with Gasteiger partial charge in [0.1, 0.15) is 0 Å². The largest absolute Gasteiger partial charge is 0.379 e. The molecule has 0 aliphatic carbocycles. The van der Waals surface area contributed by atoms with Crippen LogP contribution >= 0.6 is 0 Å². The molecule has 0 spiro atoms. The molecule has 0 radical (unpaired) electrons. The van der Waals surface area contributed by atoms with E-state index < -0.39 is 0 Å². The third-order valence-electron chi connectivity index (χ3n) is 3.85. The number of rotatable bonds is 7. The fourth-order valence-corrected chi connectivity index (χ4v) is 2.71. The van der Waals surface area contributed by atoms with Crippen molar-refractivity contribution < 1.29 is 9.53 Å². The van der Waals surface area contributed by atoms with E-state index in [1.807, 2.05) is 18.2 Å².